The number of nitrogens with one attached hydrogen (secondary N) is 1. The Morgan fingerprint density at radius 3 is 3.00 bits per heavy atom. The number of aliphatic carboxylic acids is 1. The molecular formula is C11H14N4O2. The van der Waals surface area contributed by atoms with Crippen LogP contribution in [0.15, 0.2) is 18.6 Å². The normalized spacial score (nSPS) is 12.6. The largest absolute Gasteiger partial charge is 0.480 e. The van der Waals surface area contributed by atoms with Crippen molar-refractivity contribution in [3.05, 3.63) is 18.6 Å². The van der Waals surface area contributed by atoms with Crippen LogP contribution < -0.4 is 5.32 Å². The molecule has 0 aliphatic rings. The number of aryl methyl sites for hydroxylation is 1. The molecule has 17 heavy (non-hydrogen) atoms. The van der Waals surface area contributed by atoms with Crippen LogP contribution in [-0.4, -0.2) is 31.7 Å². The molecule has 0 fully saturated rings. The zero-order chi connectivity index (χ0) is 12.4. The van der Waals surface area contributed by atoms with E-state index in [1.807, 2.05) is 30.8 Å². The van der Waals surface area contributed by atoms with Crippen LogP contribution in [-0.2, 0) is 11.8 Å². The number of carboxylic acids is 1. The second kappa shape index (κ2) is 4.40. The third-order valence-electron chi connectivity index (χ3n) is 2.68. The summed E-state index contributed by atoms with van der Waals surface area (Å²) < 4.78 is 1.86. The molecule has 2 heterocycles. The Hall–Kier alpha value is -2.11. The van der Waals surface area contributed by atoms with Crippen LogP contribution in [0, 0.1) is 0 Å². The summed E-state index contributed by atoms with van der Waals surface area (Å²) in [5.41, 5.74) is 0.780. The van der Waals surface area contributed by atoms with Gasteiger partial charge in [0.1, 0.15) is 23.8 Å². The summed E-state index contributed by atoms with van der Waals surface area (Å²) in [7, 11) is 1.88. The molecule has 90 valence electrons. The van der Waals surface area contributed by atoms with Gasteiger partial charge in [-0.25, -0.2) is 14.8 Å². The van der Waals surface area contributed by atoms with Crippen molar-refractivity contribution in [1.82, 2.24) is 14.5 Å². The fraction of sp³-hybridized carbons (Fsp3) is 0.364. The molecule has 2 aromatic heterocycles. The molecule has 1 unspecified atom stereocenters. The molecule has 0 aliphatic carbocycles. The van der Waals surface area contributed by atoms with Gasteiger partial charge in [0.05, 0.1) is 5.39 Å². The van der Waals surface area contributed by atoms with Gasteiger partial charge in [0.25, 0.3) is 0 Å². The summed E-state index contributed by atoms with van der Waals surface area (Å²) >= 11 is 0. The number of carboxylic acid groups (broad SMARTS) is 1. The van der Waals surface area contributed by atoms with E-state index in [1.54, 1.807) is 0 Å². The third kappa shape index (κ3) is 2.06. The molecule has 0 radical (unpaired) electrons. The van der Waals surface area contributed by atoms with Gasteiger partial charge in [0.15, 0.2) is 0 Å². The minimum Gasteiger partial charge on any atom is -0.480 e. The molecule has 0 saturated heterocycles. The second-order valence-corrected chi connectivity index (χ2v) is 3.83. The maximum Gasteiger partial charge on any atom is 0.326 e. The van der Waals surface area contributed by atoms with Crippen molar-refractivity contribution in [2.75, 3.05) is 5.32 Å². The van der Waals surface area contributed by atoms with Gasteiger partial charge in [-0.2, -0.15) is 0 Å². The van der Waals surface area contributed by atoms with E-state index in [0.29, 0.717) is 12.2 Å². The third-order valence-corrected chi connectivity index (χ3v) is 2.68. The van der Waals surface area contributed by atoms with Crippen LogP contribution in [0.4, 0.5) is 5.82 Å². The molecule has 0 bridgehead atoms. The van der Waals surface area contributed by atoms with E-state index < -0.39 is 12.0 Å². The van der Waals surface area contributed by atoms with Gasteiger partial charge >= 0.3 is 5.97 Å². The van der Waals surface area contributed by atoms with Gasteiger partial charge < -0.3 is 15.0 Å². The lowest BCUT2D eigenvalue weighted by molar-refractivity contribution is -0.137. The zero-order valence-corrected chi connectivity index (χ0v) is 9.71. The standard InChI is InChI=1S/C11H14N4O2/c1-3-8(11(16)17)14-9-7-4-5-15(2)10(7)13-6-12-9/h4-6,8H,3H2,1-2H3,(H,16,17)(H,12,13,14). The van der Waals surface area contributed by atoms with E-state index in [1.165, 1.54) is 6.33 Å². The average Bonchev–Trinajstić information content (AvgIpc) is 2.69. The summed E-state index contributed by atoms with van der Waals surface area (Å²) in [5, 5.41) is 12.7. The van der Waals surface area contributed by atoms with Crippen molar-refractivity contribution in [2.24, 2.45) is 7.05 Å². The molecule has 0 aliphatic heterocycles. The summed E-state index contributed by atoms with van der Waals surface area (Å²) in [6, 6.07) is 1.24. The molecule has 0 aromatic carbocycles. The Morgan fingerprint density at radius 2 is 2.35 bits per heavy atom. The van der Waals surface area contributed by atoms with Crippen molar-refractivity contribution < 1.29 is 9.90 Å². The lowest BCUT2D eigenvalue weighted by Gasteiger charge is -2.13. The number of aromatic nitrogens is 3. The van der Waals surface area contributed by atoms with Crippen LogP contribution in [0.25, 0.3) is 11.0 Å². The molecule has 6 nitrogen and oxygen atoms in total. The monoisotopic (exact) mass is 234 g/mol. The molecule has 6 heteroatoms. The number of rotatable bonds is 4. The first-order valence-electron chi connectivity index (χ1n) is 5.39. The van der Waals surface area contributed by atoms with Gasteiger partial charge in [0, 0.05) is 13.2 Å². The minimum absolute atomic E-state index is 0.494. The highest BCUT2D eigenvalue weighted by molar-refractivity contribution is 5.89. The molecule has 2 aromatic rings. The number of anilines is 1. The molecule has 1 atom stereocenters. The Labute approximate surface area is 98.3 Å². The topological polar surface area (TPSA) is 80.0 Å². The van der Waals surface area contributed by atoms with Crippen LogP contribution in [0.5, 0.6) is 0 Å². The zero-order valence-electron chi connectivity index (χ0n) is 9.71. The summed E-state index contributed by atoms with van der Waals surface area (Å²) in [6.45, 7) is 1.81. The fourth-order valence-electron chi connectivity index (χ4n) is 1.70. The van der Waals surface area contributed by atoms with Gasteiger partial charge in [-0.1, -0.05) is 6.92 Å². The highest BCUT2D eigenvalue weighted by Crippen LogP contribution is 2.20. The van der Waals surface area contributed by atoms with Crippen molar-refractivity contribution >= 4 is 22.8 Å². The first kappa shape index (κ1) is 11.4. The Balaban J connectivity index is 2.38. The lowest BCUT2D eigenvalue weighted by atomic mass is 10.2. The smallest absolute Gasteiger partial charge is 0.326 e. The summed E-state index contributed by atoms with van der Waals surface area (Å²) in [4.78, 5) is 19.2. The second-order valence-electron chi connectivity index (χ2n) is 3.83. The highest BCUT2D eigenvalue weighted by Gasteiger charge is 2.17. The summed E-state index contributed by atoms with van der Waals surface area (Å²) in [6.07, 6.45) is 3.79. The van der Waals surface area contributed by atoms with Crippen molar-refractivity contribution in [1.29, 1.82) is 0 Å². The van der Waals surface area contributed by atoms with Crippen LogP contribution in [0.1, 0.15) is 13.3 Å². The molecular weight excluding hydrogens is 220 g/mol. The number of nitrogens with zero attached hydrogens (tertiary/aromatic N) is 3. The quantitative estimate of drug-likeness (QED) is 0.832. The number of carbonyl (C=O) groups is 1. The molecule has 2 N–H and O–H groups in total. The van der Waals surface area contributed by atoms with E-state index in [4.69, 9.17) is 5.11 Å². The van der Waals surface area contributed by atoms with Gasteiger partial charge in [-0.3, -0.25) is 0 Å². The van der Waals surface area contributed by atoms with Crippen LogP contribution in [0.2, 0.25) is 0 Å². The number of hydrogen-bond acceptors (Lipinski definition) is 4. The molecule has 2 rings (SSSR count). The number of hydrogen-bond donors (Lipinski definition) is 2. The maximum absolute atomic E-state index is 11.0. The average molecular weight is 234 g/mol. The van der Waals surface area contributed by atoms with Crippen molar-refractivity contribution in [3.63, 3.8) is 0 Å². The Kier molecular flexibility index (Phi) is 2.95. The predicted molar refractivity (Wildman–Crippen MR) is 63.8 cm³/mol. The van der Waals surface area contributed by atoms with Crippen LogP contribution >= 0.6 is 0 Å². The van der Waals surface area contributed by atoms with E-state index in [-0.39, 0.29) is 0 Å². The molecule has 0 spiro atoms. The van der Waals surface area contributed by atoms with Crippen molar-refractivity contribution in [3.8, 4) is 0 Å². The van der Waals surface area contributed by atoms with Gasteiger partial charge in [0.2, 0.25) is 0 Å². The number of fused-ring (bicyclic) bond motifs is 1. The first-order chi connectivity index (χ1) is 8.13. The van der Waals surface area contributed by atoms with E-state index in [0.717, 1.165) is 11.0 Å². The minimum atomic E-state index is -0.879. The van der Waals surface area contributed by atoms with E-state index in [2.05, 4.69) is 15.3 Å². The lowest BCUT2D eigenvalue weighted by Crippen LogP contribution is -2.28. The summed E-state index contributed by atoms with van der Waals surface area (Å²) in [5.74, 6) is -0.319. The first-order valence-corrected chi connectivity index (χ1v) is 5.39. The maximum atomic E-state index is 11.0. The van der Waals surface area contributed by atoms with Gasteiger partial charge in [-0.15, -0.1) is 0 Å². The van der Waals surface area contributed by atoms with E-state index >= 15 is 0 Å². The highest BCUT2D eigenvalue weighted by atomic mass is 16.4. The van der Waals surface area contributed by atoms with Gasteiger partial charge in [-0.05, 0) is 12.5 Å². The molecule has 0 saturated carbocycles. The Bertz CT molecular complexity index is 549. The van der Waals surface area contributed by atoms with Crippen molar-refractivity contribution in [2.45, 2.75) is 19.4 Å². The predicted octanol–water partition coefficient (Wildman–Crippen LogP) is 1.24. The SMILES string of the molecule is CCC(Nc1ncnc2c1ccn2C)C(=O)O. The fourth-order valence-corrected chi connectivity index (χ4v) is 1.70. The van der Waals surface area contributed by atoms with Crippen LogP contribution in [0.3, 0.4) is 0 Å². The Morgan fingerprint density at radius 1 is 1.59 bits per heavy atom. The molecule has 0 amide bonds. The van der Waals surface area contributed by atoms with E-state index in [9.17, 15) is 4.79 Å².